The highest BCUT2D eigenvalue weighted by molar-refractivity contribution is 6.74. The van der Waals surface area contributed by atoms with Crippen LogP contribution in [0.4, 0.5) is 0 Å². The maximum Gasteiger partial charge on any atom is 0.192 e. The van der Waals surface area contributed by atoms with Crippen molar-refractivity contribution in [3.8, 4) is 0 Å². The van der Waals surface area contributed by atoms with Crippen molar-refractivity contribution >= 4 is 22.4 Å². The summed E-state index contributed by atoms with van der Waals surface area (Å²) in [5.41, 5.74) is -1.09. The first-order valence-electron chi connectivity index (χ1n) is 13.1. The summed E-state index contributed by atoms with van der Waals surface area (Å²) >= 11 is 0. The molecule has 0 heterocycles. The molecule has 0 saturated heterocycles. The summed E-state index contributed by atoms with van der Waals surface area (Å²) in [6.45, 7) is 28.3. The van der Waals surface area contributed by atoms with Crippen molar-refractivity contribution in [3.05, 3.63) is 0 Å². The Balaban J connectivity index is 1.74. The van der Waals surface area contributed by atoms with E-state index in [1.54, 1.807) is 0 Å². The van der Waals surface area contributed by atoms with Gasteiger partial charge in [0.25, 0.3) is 0 Å². The van der Waals surface area contributed by atoms with E-state index >= 15 is 0 Å². The van der Waals surface area contributed by atoms with E-state index in [0.717, 1.165) is 25.9 Å². The topological polar surface area (TPSA) is 55.8 Å². The van der Waals surface area contributed by atoms with Crippen LogP contribution in [0.5, 0.6) is 0 Å². The highest BCUT2D eigenvalue weighted by atomic mass is 28.4. The fourth-order valence-corrected chi connectivity index (χ4v) is 8.57. The van der Waals surface area contributed by atoms with Crippen LogP contribution in [0.15, 0.2) is 0 Å². The highest BCUT2D eigenvalue weighted by Crippen LogP contribution is 2.68. The van der Waals surface area contributed by atoms with Crippen molar-refractivity contribution in [1.29, 1.82) is 0 Å². The normalized spacial score (nSPS) is 39.8. The summed E-state index contributed by atoms with van der Waals surface area (Å²) < 4.78 is 13.1. The van der Waals surface area contributed by atoms with Crippen molar-refractivity contribution in [2.45, 2.75) is 123 Å². The minimum absolute atomic E-state index is 0.0485. The van der Waals surface area contributed by atoms with Crippen molar-refractivity contribution in [3.63, 3.8) is 0 Å². The first-order chi connectivity index (χ1) is 14.6. The number of rotatable bonds is 6. The maximum atomic E-state index is 13.8. The summed E-state index contributed by atoms with van der Waals surface area (Å²) in [7, 11) is -3.81. The molecule has 1 N–H and O–H groups in total. The lowest BCUT2D eigenvalue weighted by Gasteiger charge is -2.41. The van der Waals surface area contributed by atoms with Crippen LogP contribution in [-0.2, 0) is 13.6 Å². The van der Waals surface area contributed by atoms with Gasteiger partial charge in [-0.2, -0.15) is 0 Å². The molecule has 0 spiro atoms. The smallest absolute Gasteiger partial charge is 0.192 e. The molecule has 3 aliphatic rings. The molecular formula is C27H52O4Si2. The first-order valence-corrected chi connectivity index (χ1v) is 18.9. The largest absolute Gasteiger partial charge is 0.416 e. The van der Waals surface area contributed by atoms with Crippen molar-refractivity contribution in [2.75, 3.05) is 13.2 Å². The van der Waals surface area contributed by atoms with E-state index in [1.807, 2.05) is 0 Å². The number of aliphatic hydroxyl groups is 1. The Kier molecular flexibility index (Phi) is 6.68. The fourth-order valence-electron chi connectivity index (χ4n) is 6.38. The van der Waals surface area contributed by atoms with Crippen LogP contribution in [0.3, 0.4) is 0 Å². The maximum absolute atomic E-state index is 13.8. The van der Waals surface area contributed by atoms with Gasteiger partial charge in [0.15, 0.2) is 16.6 Å². The zero-order valence-electron chi connectivity index (χ0n) is 23.6. The molecule has 4 nitrogen and oxygen atoms in total. The molecular weight excluding hydrogens is 444 g/mol. The van der Waals surface area contributed by atoms with Crippen molar-refractivity contribution < 1.29 is 18.8 Å². The molecule has 3 saturated carbocycles. The Labute approximate surface area is 205 Å². The van der Waals surface area contributed by atoms with Gasteiger partial charge in [-0.1, -0.05) is 55.4 Å². The molecule has 1 unspecified atom stereocenters. The van der Waals surface area contributed by atoms with E-state index in [1.165, 1.54) is 0 Å². The van der Waals surface area contributed by atoms with Crippen molar-refractivity contribution in [2.24, 2.45) is 28.6 Å². The molecule has 0 aliphatic heterocycles. The number of Topliss-reactive ketones (excluding diaryl/α,β-unsaturated/α-hetero) is 1. The summed E-state index contributed by atoms with van der Waals surface area (Å²) in [5.74, 6) is 0.436. The third-order valence-corrected chi connectivity index (χ3v) is 19.7. The van der Waals surface area contributed by atoms with E-state index in [2.05, 4.69) is 81.6 Å². The van der Waals surface area contributed by atoms with E-state index in [4.69, 9.17) is 8.85 Å². The van der Waals surface area contributed by atoms with Crippen LogP contribution in [0.2, 0.25) is 36.3 Å². The Bertz CT molecular complexity index is 780. The number of hydrogen-bond donors (Lipinski definition) is 1. The highest BCUT2D eigenvalue weighted by Gasteiger charge is 2.70. The second-order valence-corrected chi connectivity index (χ2v) is 25.1. The SMILES string of the molecule is CC(C)(C)[Si](C)(C)OCC1(O)CC[C@@]2(C)[C@@H]3C[C@](C)(CO[Si](C)(C)C(C)(C)C)C[C@@H]3C(=O)[C@@H]12. The Morgan fingerprint density at radius 3 is 1.85 bits per heavy atom. The second kappa shape index (κ2) is 7.99. The van der Waals surface area contributed by atoms with Crippen LogP contribution in [-0.4, -0.2) is 46.3 Å². The number of ketones is 1. The van der Waals surface area contributed by atoms with Gasteiger partial charge in [-0.05, 0) is 78.7 Å². The third kappa shape index (κ3) is 4.61. The molecule has 3 fully saturated rings. The van der Waals surface area contributed by atoms with Gasteiger partial charge in [-0.25, -0.2) is 0 Å². The van der Waals surface area contributed by atoms with Gasteiger partial charge in [0.2, 0.25) is 0 Å². The van der Waals surface area contributed by atoms with Crippen molar-refractivity contribution in [1.82, 2.24) is 0 Å². The first kappa shape index (κ1) is 27.6. The van der Waals surface area contributed by atoms with Gasteiger partial charge < -0.3 is 14.0 Å². The van der Waals surface area contributed by atoms with E-state index < -0.39 is 22.2 Å². The molecule has 0 amide bonds. The average Bonchev–Trinajstić information content (AvgIpc) is 3.19. The van der Waals surface area contributed by atoms with Gasteiger partial charge >= 0.3 is 0 Å². The zero-order chi connectivity index (χ0) is 25.5. The lowest BCUT2D eigenvalue weighted by Crippen LogP contribution is -2.50. The van der Waals surface area contributed by atoms with Gasteiger partial charge in [-0.3, -0.25) is 4.79 Å². The van der Waals surface area contributed by atoms with Crippen LogP contribution < -0.4 is 0 Å². The quantitative estimate of drug-likeness (QED) is 0.411. The molecule has 0 aromatic carbocycles. The van der Waals surface area contributed by atoms with Gasteiger partial charge in [0, 0.05) is 12.5 Å². The summed E-state index contributed by atoms with van der Waals surface area (Å²) in [6.07, 6.45) is 3.52. The minimum atomic E-state index is -1.99. The molecule has 3 rings (SSSR count). The van der Waals surface area contributed by atoms with E-state index in [-0.39, 0.29) is 32.7 Å². The number of fused-ring (bicyclic) bond motifs is 3. The molecule has 33 heavy (non-hydrogen) atoms. The standard InChI is InChI=1S/C27H52O4Si2/c1-23(2,3)32(9,10)30-17-25(7)15-19-20(16-25)26(8)13-14-27(29,22(26)21(19)28)18-31-33(11,12)24(4,5)6/h19-20,22,29H,13-18H2,1-12H3/t19-,20+,22+,25+,26-,27?/m0/s1. The van der Waals surface area contributed by atoms with Gasteiger partial charge in [0.05, 0.1) is 18.1 Å². The number of carbonyl (C=O) groups excluding carboxylic acids is 1. The number of carbonyl (C=O) groups is 1. The monoisotopic (exact) mass is 496 g/mol. The van der Waals surface area contributed by atoms with Crippen LogP contribution in [0, 0.1) is 28.6 Å². The molecule has 3 aliphatic carbocycles. The van der Waals surface area contributed by atoms with Crippen LogP contribution >= 0.6 is 0 Å². The molecule has 6 heteroatoms. The Morgan fingerprint density at radius 1 is 0.879 bits per heavy atom. The van der Waals surface area contributed by atoms with E-state index in [9.17, 15) is 9.90 Å². The van der Waals surface area contributed by atoms with Crippen LogP contribution in [0.25, 0.3) is 0 Å². The number of hydrogen-bond acceptors (Lipinski definition) is 4. The van der Waals surface area contributed by atoms with E-state index in [0.29, 0.717) is 24.7 Å². The third-order valence-electron chi connectivity index (χ3n) is 10.8. The lowest BCUT2D eigenvalue weighted by atomic mass is 9.70. The zero-order valence-corrected chi connectivity index (χ0v) is 25.6. The average molecular weight is 497 g/mol. The predicted octanol–water partition coefficient (Wildman–Crippen LogP) is 6.79. The molecule has 0 bridgehead atoms. The minimum Gasteiger partial charge on any atom is -0.416 e. The predicted molar refractivity (Wildman–Crippen MR) is 141 cm³/mol. The summed E-state index contributed by atoms with van der Waals surface area (Å²) in [5, 5.41) is 12.1. The summed E-state index contributed by atoms with van der Waals surface area (Å²) in [6, 6.07) is 0. The van der Waals surface area contributed by atoms with Crippen LogP contribution in [0.1, 0.15) is 81.1 Å². The fraction of sp³-hybridized carbons (Fsp3) is 0.963. The molecule has 6 atom stereocenters. The molecule has 0 radical (unpaired) electrons. The van der Waals surface area contributed by atoms with Gasteiger partial charge in [-0.15, -0.1) is 0 Å². The Morgan fingerprint density at radius 2 is 1.36 bits per heavy atom. The molecule has 0 aromatic heterocycles. The lowest BCUT2D eigenvalue weighted by molar-refractivity contribution is -0.136. The van der Waals surface area contributed by atoms with Gasteiger partial charge in [0.1, 0.15) is 5.78 Å². The second-order valence-electron chi connectivity index (χ2n) is 15.5. The Hall–Kier alpha value is -0.0162. The summed E-state index contributed by atoms with van der Waals surface area (Å²) in [4.78, 5) is 13.8. The molecule has 192 valence electrons. The molecule has 0 aromatic rings.